The van der Waals surface area contributed by atoms with E-state index in [0.29, 0.717) is 28.6 Å². The van der Waals surface area contributed by atoms with Crippen molar-refractivity contribution >= 4 is 78.4 Å². The maximum atomic E-state index is 14.0. The number of rotatable bonds is 2. The molecule has 3 aromatic rings. The lowest BCUT2D eigenvalue weighted by Gasteiger charge is -2.42. The highest BCUT2D eigenvalue weighted by atomic mass is 127. The number of amides is 2. The second kappa shape index (κ2) is 9.34. The van der Waals surface area contributed by atoms with Gasteiger partial charge in [0.1, 0.15) is 5.75 Å². The van der Waals surface area contributed by atoms with Crippen LogP contribution in [0.2, 0.25) is 0 Å². The first kappa shape index (κ1) is 25.6. The molecule has 2 amide bonds. The van der Waals surface area contributed by atoms with Gasteiger partial charge in [0, 0.05) is 32.1 Å². The molecule has 40 heavy (non-hydrogen) atoms. The van der Waals surface area contributed by atoms with Crippen LogP contribution in [0, 0.1) is 21.3 Å². The van der Waals surface area contributed by atoms with Crippen LogP contribution in [0.4, 0.5) is 5.69 Å². The van der Waals surface area contributed by atoms with E-state index < -0.39 is 23.7 Å². The number of carbonyl (C=O) groups excluding carboxylic acids is 4. The van der Waals surface area contributed by atoms with E-state index in [0.717, 1.165) is 20.1 Å². The van der Waals surface area contributed by atoms with E-state index in [4.69, 9.17) is 0 Å². The molecule has 0 bridgehead atoms. The summed E-state index contributed by atoms with van der Waals surface area (Å²) in [5.74, 6) is -3.07. The van der Waals surface area contributed by atoms with Crippen LogP contribution >= 0.6 is 38.5 Å². The number of hydrogen-bond acceptors (Lipinski definition) is 5. The van der Waals surface area contributed by atoms with Crippen molar-refractivity contribution in [3.05, 3.63) is 103 Å². The number of allylic oxidation sites excluding steroid dienone is 6. The summed E-state index contributed by atoms with van der Waals surface area (Å²) in [4.78, 5) is 55.9. The van der Waals surface area contributed by atoms with Gasteiger partial charge in [-0.15, -0.1) is 0 Å². The number of anilines is 1. The van der Waals surface area contributed by atoms with Crippen LogP contribution in [0.15, 0.2) is 94.0 Å². The zero-order valence-electron chi connectivity index (χ0n) is 20.9. The Balaban J connectivity index is 1.41. The first-order valence-electron chi connectivity index (χ1n) is 13.0. The smallest absolute Gasteiger partial charge is 0.238 e. The number of ketones is 2. The van der Waals surface area contributed by atoms with E-state index >= 15 is 0 Å². The first-order valence-corrected chi connectivity index (χ1v) is 14.9. The molecule has 4 aliphatic rings. The third-order valence-corrected chi connectivity index (χ3v) is 9.97. The molecule has 198 valence electrons. The van der Waals surface area contributed by atoms with Gasteiger partial charge in [0.05, 0.1) is 22.0 Å². The van der Waals surface area contributed by atoms with Gasteiger partial charge >= 0.3 is 0 Å². The maximum Gasteiger partial charge on any atom is 0.238 e. The molecule has 4 atom stereocenters. The summed E-state index contributed by atoms with van der Waals surface area (Å²) in [5.41, 5.74) is 3.01. The normalized spacial score (nSPS) is 26.0. The van der Waals surface area contributed by atoms with Crippen LogP contribution < -0.4 is 4.90 Å². The van der Waals surface area contributed by atoms with Crippen molar-refractivity contribution in [3.8, 4) is 5.75 Å². The van der Waals surface area contributed by atoms with Crippen LogP contribution in [0.1, 0.15) is 24.3 Å². The number of halogens is 2. The number of hydrogen-bond donors (Lipinski definition) is 1. The van der Waals surface area contributed by atoms with Crippen molar-refractivity contribution in [1.82, 2.24) is 0 Å². The molecule has 1 heterocycles. The van der Waals surface area contributed by atoms with E-state index in [2.05, 4.69) is 38.5 Å². The van der Waals surface area contributed by atoms with Crippen LogP contribution in [0.25, 0.3) is 10.8 Å². The lowest BCUT2D eigenvalue weighted by molar-refractivity contribution is -0.123. The highest BCUT2D eigenvalue weighted by Gasteiger charge is 2.56. The summed E-state index contributed by atoms with van der Waals surface area (Å²) >= 11 is 5.45. The van der Waals surface area contributed by atoms with Gasteiger partial charge in [0.25, 0.3) is 0 Å². The number of aromatic hydroxyl groups is 1. The van der Waals surface area contributed by atoms with Gasteiger partial charge < -0.3 is 5.11 Å². The fraction of sp³-hybridized carbons (Fsp3) is 0.188. The maximum absolute atomic E-state index is 14.0. The van der Waals surface area contributed by atoms with Crippen LogP contribution in [-0.2, 0) is 19.2 Å². The minimum absolute atomic E-state index is 0.122. The van der Waals surface area contributed by atoms with E-state index in [1.807, 2.05) is 42.5 Å². The summed E-state index contributed by atoms with van der Waals surface area (Å²) in [6.07, 6.45) is 3.92. The monoisotopic (exact) mass is 705 g/mol. The Labute approximate surface area is 251 Å². The SMILES string of the molecule is O=C1C=C(Br)C(=O)C2=C1[C@@H](c1ccc(O)c3ccccc13)C1=CC[C@@H]3C(=O)N(c4ccc(I)cc4)C(=O)[C@@H]3[C@@H]1C2. The van der Waals surface area contributed by atoms with Crippen molar-refractivity contribution < 1.29 is 24.3 Å². The van der Waals surface area contributed by atoms with Gasteiger partial charge in [0.15, 0.2) is 11.6 Å². The number of phenols is 1. The Morgan fingerprint density at radius 1 is 0.875 bits per heavy atom. The van der Waals surface area contributed by atoms with Crippen LogP contribution in [0.5, 0.6) is 5.75 Å². The number of Topliss-reactive ketones (excluding diaryl/α,β-unsaturated/α-hetero) is 1. The first-order chi connectivity index (χ1) is 19.3. The number of phenolic OH excluding ortho intramolecular Hbond substituents is 1. The molecular formula is C32H21BrINO5. The topological polar surface area (TPSA) is 91.8 Å². The summed E-state index contributed by atoms with van der Waals surface area (Å²) < 4.78 is 1.19. The highest BCUT2D eigenvalue weighted by molar-refractivity contribution is 14.1. The molecule has 6 nitrogen and oxygen atoms in total. The van der Waals surface area contributed by atoms with E-state index in [9.17, 15) is 24.3 Å². The summed E-state index contributed by atoms with van der Waals surface area (Å²) in [7, 11) is 0. The van der Waals surface area contributed by atoms with Crippen molar-refractivity contribution in [2.75, 3.05) is 4.90 Å². The van der Waals surface area contributed by atoms with Gasteiger partial charge in [0.2, 0.25) is 11.8 Å². The Kier molecular flexibility index (Phi) is 5.98. The summed E-state index contributed by atoms with van der Waals surface area (Å²) in [6.45, 7) is 0. The molecule has 0 spiro atoms. The molecule has 0 saturated carbocycles. The van der Waals surface area contributed by atoms with Crippen molar-refractivity contribution in [2.24, 2.45) is 17.8 Å². The molecule has 1 fully saturated rings. The molecule has 3 aliphatic carbocycles. The number of carbonyl (C=O) groups is 4. The fourth-order valence-corrected chi connectivity index (χ4v) is 7.77. The van der Waals surface area contributed by atoms with Crippen molar-refractivity contribution in [2.45, 2.75) is 18.8 Å². The number of benzene rings is 3. The van der Waals surface area contributed by atoms with E-state index in [1.54, 1.807) is 24.3 Å². The quantitative estimate of drug-likeness (QED) is 0.150. The van der Waals surface area contributed by atoms with Gasteiger partial charge in [-0.25, -0.2) is 0 Å². The third kappa shape index (κ3) is 3.65. The van der Waals surface area contributed by atoms with E-state index in [-0.39, 0.29) is 40.0 Å². The zero-order valence-corrected chi connectivity index (χ0v) is 24.7. The second-order valence-electron chi connectivity index (χ2n) is 10.6. The minimum atomic E-state index is -0.640. The van der Waals surface area contributed by atoms with Crippen molar-refractivity contribution in [1.29, 1.82) is 0 Å². The molecule has 1 saturated heterocycles. The molecule has 1 N–H and O–H groups in total. The van der Waals surface area contributed by atoms with Gasteiger partial charge in [-0.2, -0.15) is 0 Å². The Bertz CT molecular complexity index is 1790. The number of fused-ring (bicyclic) bond motifs is 4. The molecule has 1 aliphatic heterocycles. The molecule has 3 aromatic carbocycles. The average Bonchev–Trinajstić information content (AvgIpc) is 3.21. The minimum Gasteiger partial charge on any atom is -0.507 e. The molecule has 0 radical (unpaired) electrons. The lowest BCUT2D eigenvalue weighted by atomic mass is 9.59. The predicted molar refractivity (Wildman–Crippen MR) is 162 cm³/mol. The average molecular weight is 706 g/mol. The largest absolute Gasteiger partial charge is 0.507 e. The molecule has 0 unspecified atom stereocenters. The lowest BCUT2D eigenvalue weighted by Crippen LogP contribution is -2.39. The number of imide groups is 1. The molecule has 0 aromatic heterocycles. The predicted octanol–water partition coefficient (Wildman–Crippen LogP) is 6.12. The van der Waals surface area contributed by atoms with Gasteiger partial charge in [-0.3, -0.25) is 24.1 Å². The van der Waals surface area contributed by atoms with E-state index in [1.165, 1.54) is 11.0 Å². The third-order valence-electron chi connectivity index (χ3n) is 8.66. The Morgan fingerprint density at radius 2 is 1.60 bits per heavy atom. The Morgan fingerprint density at radius 3 is 2.35 bits per heavy atom. The summed E-state index contributed by atoms with van der Waals surface area (Å²) in [5, 5.41) is 12.0. The second-order valence-corrected chi connectivity index (χ2v) is 12.7. The summed E-state index contributed by atoms with van der Waals surface area (Å²) in [6, 6.07) is 18.1. The fourth-order valence-electron chi connectivity index (χ4n) is 6.96. The zero-order chi connectivity index (χ0) is 27.9. The van der Waals surface area contributed by atoms with Crippen LogP contribution in [-0.4, -0.2) is 28.5 Å². The molecule has 8 heteroatoms. The Hall–Kier alpha value is -3.37. The van der Waals surface area contributed by atoms with Gasteiger partial charge in [-0.1, -0.05) is 42.0 Å². The van der Waals surface area contributed by atoms with Crippen molar-refractivity contribution in [3.63, 3.8) is 0 Å². The van der Waals surface area contributed by atoms with Gasteiger partial charge in [-0.05, 0) is 98.6 Å². The molecular weight excluding hydrogens is 685 g/mol. The standard InChI is InChI=1S/C32H21BrINO5/c33-24-14-26(37)29-23(30(24)38)13-22-20(27(29)19-11-12-25(36)18-4-2-1-3-17(18)19)9-10-21-28(22)32(40)35(31(21)39)16-7-5-15(34)6-8-16/h1-9,11-12,14,21-22,27-28,36H,10,13H2/t21-,22+,27-,28-/m0/s1. The number of nitrogens with zero attached hydrogens (tertiary/aromatic N) is 1. The molecule has 7 rings (SSSR count). The highest BCUT2D eigenvalue weighted by Crippen LogP contribution is 2.56. The van der Waals surface area contributed by atoms with Crippen LogP contribution in [0.3, 0.4) is 0 Å².